The molecule has 2 aromatic rings. The summed E-state index contributed by atoms with van der Waals surface area (Å²) in [5, 5.41) is 2.54. The van der Waals surface area contributed by atoms with Crippen LogP contribution in [-0.4, -0.2) is 25.0 Å². The molecule has 0 amide bonds. The second kappa shape index (κ2) is 5.54. The molecule has 1 unspecified atom stereocenters. The van der Waals surface area contributed by atoms with Crippen LogP contribution in [-0.2, 0) is 4.74 Å². The molecule has 0 saturated heterocycles. The topological polar surface area (TPSA) is 21.6 Å². The molecule has 0 radical (unpaired) electrons. The van der Waals surface area contributed by atoms with E-state index in [2.05, 4.69) is 54.4 Å². The Hall–Kier alpha value is -1.67. The van der Waals surface area contributed by atoms with Crippen LogP contribution in [0.5, 0.6) is 0 Å². The summed E-state index contributed by atoms with van der Waals surface area (Å²) in [6, 6.07) is 14.9. The lowest BCUT2D eigenvalue weighted by atomic mass is 9.98. The fourth-order valence-electron chi connectivity index (χ4n) is 2.67. The van der Waals surface area contributed by atoms with Crippen molar-refractivity contribution < 1.29 is 4.74 Å². The summed E-state index contributed by atoms with van der Waals surface area (Å²) in [5.41, 5.74) is 2.36. The first-order valence-electron chi connectivity index (χ1n) is 7.04. The third kappa shape index (κ3) is 2.41. The molecular formula is C17H19NO. The van der Waals surface area contributed by atoms with Crippen LogP contribution in [0.15, 0.2) is 47.5 Å². The maximum Gasteiger partial charge on any atom is 0.101 e. The number of nitrogens with zero attached hydrogens (tertiary/aromatic N) is 1. The predicted octanol–water partition coefficient (Wildman–Crippen LogP) is 3.83. The van der Waals surface area contributed by atoms with Gasteiger partial charge in [-0.2, -0.15) is 0 Å². The highest BCUT2D eigenvalue weighted by atomic mass is 16.5. The van der Waals surface area contributed by atoms with E-state index in [1.54, 1.807) is 0 Å². The first-order valence-corrected chi connectivity index (χ1v) is 7.04. The molecule has 0 saturated carbocycles. The molecule has 19 heavy (non-hydrogen) atoms. The average molecular weight is 253 g/mol. The monoisotopic (exact) mass is 253 g/mol. The molecule has 0 bridgehead atoms. The van der Waals surface area contributed by atoms with Crippen molar-refractivity contribution >= 4 is 16.5 Å². The van der Waals surface area contributed by atoms with E-state index in [-0.39, 0.29) is 6.10 Å². The first-order chi connectivity index (χ1) is 9.40. The highest BCUT2D eigenvalue weighted by Gasteiger charge is 2.24. The van der Waals surface area contributed by atoms with Crippen molar-refractivity contribution in [1.29, 1.82) is 0 Å². The number of benzene rings is 2. The molecule has 2 nitrogen and oxygen atoms in total. The van der Waals surface area contributed by atoms with Gasteiger partial charge in [0, 0.05) is 18.7 Å². The lowest BCUT2D eigenvalue weighted by Gasteiger charge is -2.15. The minimum atomic E-state index is 0.172. The number of hydrogen-bond donors (Lipinski definition) is 0. The summed E-state index contributed by atoms with van der Waals surface area (Å²) in [6.45, 7) is 3.84. The van der Waals surface area contributed by atoms with Crippen LogP contribution < -0.4 is 0 Å². The number of aliphatic imine (C=N–C) groups is 1. The summed E-state index contributed by atoms with van der Waals surface area (Å²) >= 11 is 0. The van der Waals surface area contributed by atoms with E-state index in [0.29, 0.717) is 0 Å². The Morgan fingerprint density at radius 1 is 1.16 bits per heavy atom. The first kappa shape index (κ1) is 12.4. The van der Waals surface area contributed by atoms with Gasteiger partial charge in [-0.1, -0.05) is 49.4 Å². The third-order valence-corrected chi connectivity index (χ3v) is 3.57. The van der Waals surface area contributed by atoms with Gasteiger partial charge in [0.25, 0.3) is 0 Å². The van der Waals surface area contributed by atoms with Gasteiger partial charge in [0.05, 0.1) is 5.71 Å². The van der Waals surface area contributed by atoms with Gasteiger partial charge < -0.3 is 4.74 Å². The molecule has 0 aromatic heterocycles. The second-order valence-corrected chi connectivity index (χ2v) is 4.94. The van der Waals surface area contributed by atoms with Crippen LogP contribution in [0.4, 0.5) is 0 Å². The van der Waals surface area contributed by atoms with Crippen LogP contribution in [0.2, 0.25) is 0 Å². The van der Waals surface area contributed by atoms with E-state index < -0.39 is 0 Å². The van der Waals surface area contributed by atoms with E-state index in [9.17, 15) is 0 Å². The minimum absolute atomic E-state index is 0.172. The Bertz CT molecular complexity index is 598. The summed E-state index contributed by atoms with van der Waals surface area (Å²) in [6.07, 6.45) is 2.24. The average Bonchev–Trinajstić information content (AvgIpc) is 2.92. The van der Waals surface area contributed by atoms with Gasteiger partial charge in [-0.25, -0.2) is 0 Å². The Morgan fingerprint density at radius 2 is 2.00 bits per heavy atom. The van der Waals surface area contributed by atoms with Gasteiger partial charge in [-0.3, -0.25) is 4.99 Å². The molecule has 0 N–H and O–H groups in total. The zero-order valence-corrected chi connectivity index (χ0v) is 11.3. The summed E-state index contributed by atoms with van der Waals surface area (Å²) in [4.78, 5) is 4.68. The van der Waals surface area contributed by atoms with Crippen molar-refractivity contribution in [2.75, 3.05) is 13.2 Å². The third-order valence-electron chi connectivity index (χ3n) is 3.57. The SMILES string of the molecule is CCCOC1CCN=C1c1cccc2ccccc12. The molecule has 0 aliphatic carbocycles. The van der Waals surface area contributed by atoms with Crippen LogP contribution in [0, 0.1) is 0 Å². The summed E-state index contributed by atoms with van der Waals surface area (Å²) < 4.78 is 5.94. The smallest absolute Gasteiger partial charge is 0.101 e. The van der Waals surface area contributed by atoms with Crippen molar-refractivity contribution in [2.45, 2.75) is 25.9 Å². The van der Waals surface area contributed by atoms with Gasteiger partial charge in [-0.15, -0.1) is 0 Å². The molecule has 0 spiro atoms. The van der Waals surface area contributed by atoms with E-state index >= 15 is 0 Å². The quantitative estimate of drug-likeness (QED) is 0.811. The fraction of sp³-hybridized carbons (Fsp3) is 0.353. The number of hydrogen-bond acceptors (Lipinski definition) is 2. The minimum Gasteiger partial charge on any atom is -0.372 e. The Labute approximate surface area is 114 Å². The Balaban J connectivity index is 1.99. The molecular weight excluding hydrogens is 234 g/mol. The van der Waals surface area contributed by atoms with Crippen LogP contribution in [0.1, 0.15) is 25.3 Å². The van der Waals surface area contributed by atoms with Gasteiger partial charge >= 0.3 is 0 Å². The molecule has 98 valence electrons. The van der Waals surface area contributed by atoms with Crippen molar-refractivity contribution in [3.8, 4) is 0 Å². The van der Waals surface area contributed by atoms with Gasteiger partial charge in [0.15, 0.2) is 0 Å². The lowest BCUT2D eigenvalue weighted by molar-refractivity contribution is 0.0998. The van der Waals surface area contributed by atoms with Crippen molar-refractivity contribution in [3.63, 3.8) is 0 Å². The normalized spacial score (nSPS) is 18.8. The molecule has 2 aromatic carbocycles. The molecule has 1 aliphatic rings. The summed E-state index contributed by atoms with van der Waals surface area (Å²) in [7, 11) is 0. The maximum atomic E-state index is 5.94. The molecule has 1 atom stereocenters. The predicted molar refractivity (Wildman–Crippen MR) is 80.0 cm³/mol. The van der Waals surface area contributed by atoms with E-state index in [1.807, 2.05) is 0 Å². The molecule has 3 rings (SSSR count). The highest BCUT2D eigenvalue weighted by molar-refractivity contribution is 6.13. The zero-order chi connectivity index (χ0) is 13.1. The van der Waals surface area contributed by atoms with E-state index in [0.717, 1.165) is 31.7 Å². The molecule has 1 heterocycles. The molecule has 1 aliphatic heterocycles. The highest BCUT2D eigenvalue weighted by Crippen LogP contribution is 2.24. The Kier molecular flexibility index (Phi) is 3.60. The van der Waals surface area contributed by atoms with Gasteiger partial charge in [0.2, 0.25) is 0 Å². The van der Waals surface area contributed by atoms with Crippen LogP contribution in [0.3, 0.4) is 0 Å². The van der Waals surface area contributed by atoms with Crippen LogP contribution >= 0.6 is 0 Å². The standard InChI is InChI=1S/C17H19NO/c1-2-12-19-16-10-11-18-17(16)15-9-5-7-13-6-3-4-8-14(13)15/h3-9,16H,2,10-12H2,1H3. The number of rotatable bonds is 4. The fourth-order valence-corrected chi connectivity index (χ4v) is 2.67. The number of ether oxygens (including phenoxy) is 1. The Morgan fingerprint density at radius 3 is 2.89 bits per heavy atom. The van der Waals surface area contributed by atoms with Crippen LogP contribution in [0.25, 0.3) is 10.8 Å². The summed E-state index contributed by atoms with van der Waals surface area (Å²) in [5.74, 6) is 0. The van der Waals surface area contributed by atoms with E-state index in [4.69, 9.17) is 4.74 Å². The largest absolute Gasteiger partial charge is 0.372 e. The lowest BCUT2D eigenvalue weighted by Crippen LogP contribution is -2.22. The zero-order valence-electron chi connectivity index (χ0n) is 11.3. The number of fused-ring (bicyclic) bond motifs is 1. The van der Waals surface area contributed by atoms with E-state index in [1.165, 1.54) is 16.3 Å². The van der Waals surface area contributed by atoms with Crippen molar-refractivity contribution in [1.82, 2.24) is 0 Å². The molecule has 2 heteroatoms. The van der Waals surface area contributed by atoms with Crippen molar-refractivity contribution in [2.24, 2.45) is 4.99 Å². The second-order valence-electron chi connectivity index (χ2n) is 4.94. The molecule has 0 fully saturated rings. The van der Waals surface area contributed by atoms with Gasteiger partial charge in [0.1, 0.15) is 6.10 Å². The van der Waals surface area contributed by atoms with Gasteiger partial charge in [-0.05, 0) is 23.6 Å². The maximum absolute atomic E-state index is 5.94. The van der Waals surface area contributed by atoms with Crippen molar-refractivity contribution in [3.05, 3.63) is 48.0 Å².